The summed E-state index contributed by atoms with van der Waals surface area (Å²) in [6, 6.07) is -0.0580. The van der Waals surface area contributed by atoms with Crippen LogP contribution in [0, 0.1) is 11.3 Å². The molecule has 7 nitrogen and oxygen atoms in total. The highest BCUT2D eigenvalue weighted by atomic mass is 16.5. The van der Waals surface area contributed by atoms with Gasteiger partial charge in [0.05, 0.1) is 24.0 Å². The Bertz CT molecular complexity index is 863. The van der Waals surface area contributed by atoms with Gasteiger partial charge in [0.1, 0.15) is 5.69 Å². The minimum Gasteiger partial charge on any atom is -0.381 e. The smallest absolute Gasteiger partial charge is 0.223 e. The second kappa shape index (κ2) is 8.14. The number of nitrogens with zero attached hydrogens (tertiary/aromatic N) is 4. The van der Waals surface area contributed by atoms with E-state index in [1.54, 1.807) is 25.7 Å². The first-order valence-corrected chi connectivity index (χ1v) is 10.4. The third-order valence-corrected chi connectivity index (χ3v) is 6.17. The van der Waals surface area contributed by atoms with Crippen molar-refractivity contribution >= 4 is 5.91 Å². The predicted molar refractivity (Wildman–Crippen MR) is 109 cm³/mol. The molecule has 1 atom stereocenters. The lowest BCUT2D eigenvalue weighted by Gasteiger charge is -2.37. The molecule has 0 aliphatic heterocycles. The van der Waals surface area contributed by atoms with Gasteiger partial charge in [-0.3, -0.25) is 9.78 Å². The minimum atomic E-state index is -0.0580. The predicted octanol–water partition coefficient (Wildman–Crippen LogP) is 3.27. The summed E-state index contributed by atoms with van der Waals surface area (Å²) in [5.41, 5.74) is 2.72. The van der Waals surface area contributed by atoms with Gasteiger partial charge in [0, 0.05) is 37.2 Å². The van der Waals surface area contributed by atoms with E-state index in [1.807, 2.05) is 6.20 Å². The molecule has 0 bridgehead atoms. The Kier molecular flexibility index (Phi) is 5.58. The van der Waals surface area contributed by atoms with Gasteiger partial charge in [0.25, 0.3) is 0 Å². The van der Waals surface area contributed by atoms with E-state index in [1.165, 1.54) is 0 Å². The second-order valence-electron chi connectivity index (χ2n) is 9.00. The largest absolute Gasteiger partial charge is 0.381 e. The van der Waals surface area contributed by atoms with Crippen molar-refractivity contribution in [2.75, 3.05) is 7.11 Å². The molecule has 0 radical (unpaired) electrons. The van der Waals surface area contributed by atoms with Gasteiger partial charge in [0.2, 0.25) is 5.91 Å². The van der Waals surface area contributed by atoms with E-state index < -0.39 is 0 Å². The molecule has 7 heteroatoms. The van der Waals surface area contributed by atoms with E-state index in [0.717, 1.165) is 49.8 Å². The maximum atomic E-state index is 13.0. The van der Waals surface area contributed by atoms with Crippen LogP contribution in [0.4, 0.5) is 0 Å². The van der Waals surface area contributed by atoms with Crippen LogP contribution < -0.4 is 5.32 Å². The monoisotopic (exact) mass is 395 g/mol. The third kappa shape index (κ3) is 4.45. The number of rotatable bonds is 4. The van der Waals surface area contributed by atoms with Crippen molar-refractivity contribution in [3.8, 4) is 11.5 Å². The molecule has 1 saturated carbocycles. The van der Waals surface area contributed by atoms with Gasteiger partial charge in [-0.2, -0.15) is 0 Å². The van der Waals surface area contributed by atoms with Gasteiger partial charge in [-0.25, -0.2) is 15.0 Å². The van der Waals surface area contributed by atoms with Gasteiger partial charge < -0.3 is 10.1 Å². The van der Waals surface area contributed by atoms with E-state index in [-0.39, 0.29) is 23.3 Å². The molecule has 0 unspecified atom stereocenters. The molecule has 2 aromatic rings. The number of aromatic nitrogens is 4. The minimum absolute atomic E-state index is 0.0483. The van der Waals surface area contributed by atoms with Crippen molar-refractivity contribution in [3.63, 3.8) is 0 Å². The summed E-state index contributed by atoms with van der Waals surface area (Å²) in [5.74, 6) is 0.790. The lowest BCUT2D eigenvalue weighted by molar-refractivity contribution is -0.127. The van der Waals surface area contributed by atoms with Crippen molar-refractivity contribution in [2.24, 2.45) is 11.3 Å². The summed E-state index contributed by atoms with van der Waals surface area (Å²) in [6.07, 6.45) is 12.5. The fourth-order valence-electron chi connectivity index (χ4n) is 4.56. The number of carbonyl (C=O) groups excluding carboxylic acids is 1. The first-order valence-electron chi connectivity index (χ1n) is 10.4. The number of carbonyl (C=O) groups is 1. The molecule has 2 aliphatic rings. The van der Waals surface area contributed by atoms with Crippen LogP contribution in [0.2, 0.25) is 0 Å². The number of fused-ring (bicyclic) bond motifs is 1. The average Bonchev–Trinajstić information content (AvgIpc) is 2.73. The van der Waals surface area contributed by atoms with Crippen molar-refractivity contribution < 1.29 is 9.53 Å². The van der Waals surface area contributed by atoms with Crippen molar-refractivity contribution in [1.82, 2.24) is 25.3 Å². The zero-order chi connectivity index (χ0) is 20.4. The van der Waals surface area contributed by atoms with Gasteiger partial charge in [-0.15, -0.1) is 0 Å². The Balaban J connectivity index is 1.54. The summed E-state index contributed by atoms with van der Waals surface area (Å²) >= 11 is 0. The molecule has 1 fully saturated rings. The van der Waals surface area contributed by atoms with Crippen LogP contribution in [-0.4, -0.2) is 39.1 Å². The highest BCUT2D eigenvalue weighted by Gasteiger charge is 2.36. The van der Waals surface area contributed by atoms with Crippen LogP contribution in [0.3, 0.4) is 0 Å². The van der Waals surface area contributed by atoms with E-state index in [2.05, 4.69) is 34.1 Å². The Morgan fingerprint density at radius 2 is 1.93 bits per heavy atom. The fourth-order valence-corrected chi connectivity index (χ4v) is 4.56. The molecular weight excluding hydrogens is 366 g/mol. The zero-order valence-electron chi connectivity index (χ0n) is 17.4. The van der Waals surface area contributed by atoms with Crippen molar-refractivity contribution in [3.05, 3.63) is 36.0 Å². The Hall–Kier alpha value is -2.41. The van der Waals surface area contributed by atoms with Gasteiger partial charge >= 0.3 is 0 Å². The van der Waals surface area contributed by atoms with Crippen LogP contribution in [-0.2, 0) is 16.0 Å². The SMILES string of the molecule is COC1CCC(C(=O)N[C@@H]2CC(C)(C)Cc3nc(-c4cnccn4)ncc32)CC1. The topological polar surface area (TPSA) is 89.9 Å². The van der Waals surface area contributed by atoms with Crippen molar-refractivity contribution in [2.45, 2.75) is 64.5 Å². The first-order chi connectivity index (χ1) is 13.9. The normalized spacial score (nSPS) is 25.8. The maximum absolute atomic E-state index is 13.0. The number of hydrogen-bond acceptors (Lipinski definition) is 6. The van der Waals surface area contributed by atoms with Gasteiger partial charge in [-0.1, -0.05) is 13.8 Å². The lowest BCUT2D eigenvalue weighted by Crippen LogP contribution is -2.41. The highest BCUT2D eigenvalue weighted by Crippen LogP contribution is 2.40. The summed E-state index contributed by atoms with van der Waals surface area (Å²) in [6.45, 7) is 4.45. The molecule has 154 valence electrons. The quantitative estimate of drug-likeness (QED) is 0.854. The molecule has 0 saturated heterocycles. The fraction of sp³-hybridized carbons (Fsp3) is 0.591. The summed E-state index contributed by atoms with van der Waals surface area (Å²) in [7, 11) is 1.75. The first kappa shape index (κ1) is 19.9. The van der Waals surface area contributed by atoms with E-state index >= 15 is 0 Å². The third-order valence-electron chi connectivity index (χ3n) is 6.17. The molecule has 1 N–H and O–H groups in total. The number of amides is 1. The van der Waals surface area contributed by atoms with Crippen LogP contribution >= 0.6 is 0 Å². The number of nitrogens with one attached hydrogen (secondary N) is 1. The Morgan fingerprint density at radius 3 is 2.62 bits per heavy atom. The van der Waals surface area contributed by atoms with Gasteiger partial charge in [-0.05, 0) is 43.9 Å². The molecule has 0 spiro atoms. The Morgan fingerprint density at radius 1 is 1.14 bits per heavy atom. The second-order valence-corrected chi connectivity index (χ2v) is 9.00. The molecule has 2 aliphatic carbocycles. The molecular formula is C22H29N5O2. The highest BCUT2D eigenvalue weighted by molar-refractivity contribution is 5.79. The maximum Gasteiger partial charge on any atom is 0.223 e. The molecule has 2 heterocycles. The van der Waals surface area contributed by atoms with Crippen LogP contribution in [0.15, 0.2) is 24.8 Å². The molecule has 29 heavy (non-hydrogen) atoms. The number of methoxy groups -OCH3 is 1. The number of hydrogen-bond donors (Lipinski definition) is 1. The van der Waals surface area contributed by atoms with E-state index in [0.29, 0.717) is 17.6 Å². The molecule has 2 aromatic heterocycles. The molecule has 1 amide bonds. The van der Waals surface area contributed by atoms with Crippen molar-refractivity contribution in [1.29, 1.82) is 0 Å². The zero-order valence-corrected chi connectivity index (χ0v) is 17.4. The number of ether oxygens (including phenoxy) is 1. The van der Waals surface area contributed by atoms with E-state index in [4.69, 9.17) is 9.72 Å². The lowest BCUT2D eigenvalue weighted by atomic mass is 9.74. The van der Waals surface area contributed by atoms with Crippen LogP contribution in [0.25, 0.3) is 11.5 Å². The van der Waals surface area contributed by atoms with E-state index in [9.17, 15) is 4.79 Å². The van der Waals surface area contributed by atoms with Gasteiger partial charge in [0.15, 0.2) is 5.82 Å². The summed E-state index contributed by atoms with van der Waals surface area (Å²) < 4.78 is 5.43. The molecule has 0 aromatic carbocycles. The summed E-state index contributed by atoms with van der Waals surface area (Å²) in [5, 5.41) is 3.30. The molecule has 4 rings (SSSR count). The standard InChI is InChI=1S/C22H29N5O2/c1-22(2)10-17-16(12-25-20(26-17)19-13-23-8-9-24-19)18(11-22)27-21(28)14-4-6-15(29-3)7-5-14/h8-9,12-15,18H,4-7,10-11H2,1-3H3,(H,27,28)/t14?,15?,18-/m1/s1. The van der Waals surface area contributed by atoms with Crippen LogP contribution in [0.5, 0.6) is 0 Å². The Labute approximate surface area is 171 Å². The average molecular weight is 396 g/mol. The summed E-state index contributed by atoms with van der Waals surface area (Å²) in [4.78, 5) is 30.7. The van der Waals surface area contributed by atoms with Crippen LogP contribution in [0.1, 0.15) is 63.3 Å².